The number of esters is 2. The molecule has 0 bridgehead atoms. The summed E-state index contributed by atoms with van der Waals surface area (Å²) in [4.78, 5) is 42.5. The molecule has 0 unspecified atom stereocenters. The van der Waals surface area contributed by atoms with E-state index in [1.165, 1.54) is 0 Å². The highest BCUT2D eigenvalue weighted by atomic mass is 35.5. The normalized spacial score (nSPS) is 10.5. The predicted octanol–water partition coefficient (Wildman–Crippen LogP) is 0.294. The third-order valence-electron chi connectivity index (χ3n) is 1.34. The molecule has 0 fully saturated rings. The smallest absolute Gasteiger partial charge is 0.356 e. The van der Waals surface area contributed by atoms with Gasteiger partial charge in [0.25, 0.3) is 0 Å². The second kappa shape index (κ2) is 6.44. The summed E-state index contributed by atoms with van der Waals surface area (Å²) in [6, 6.07) is 0. The lowest BCUT2D eigenvalue weighted by Gasteiger charge is -2.01. The third kappa shape index (κ3) is 6.10. The molecule has 7 nitrogen and oxygen atoms in total. The van der Waals surface area contributed by atoms with E-state index in [0.717, 1.165) is 0 Å². The summed E-state index contributed by atoms with van der Waals surface area (Å²) in [5.74, 6) is -5.62. The maximum Gasteiger partial charge on any atom is 0.356 e. The van der Waals surface area contributed by atoms with Gasteiger partial charge in [0.2, 0.25) is 0 Å². The van der Waals surface area contributed by atoms with Gasteiger partial charge in [-0.1, -0.05) is 18.2 Å². The van der Waals surface area contributed by atoms with Gasteiger partial charge in [-0.2, -0.15) is 0 Å². The van der Waals surface area contributed by atoms with Gasteiger partial charge in [-0.05, 0) is 0 Å². The topological polar surface area (TPSA) is 118 Å². The zero-order valence-corrected chi connectivity index (χ0v) is 9.06. The van der Waals surface area contributed by atoms with E-state index in [2.05, 4.69) is 11.3 Å². The number of carboxylic acid groups (broad SMARTS) is 2. The maximum atomic E-state index is 11.0. The standard InChI is InChI=1S/C9H7ClO7/c1-4(10)9(16)17-7(13)3-5(8(14)15)2-6(11)12/h2H,1,3H2,(H,11,12)(H,14,15). The fraction of sp³-hybridized carbons (Fsp3) is 0.111. The minimum absolute atomic E-state index is 0.323. The van der Waals surface area contributed by atoms with Crippen LogP contribution in [0.2, 0.25) is 0 Å². The summed E-state index contributed by atoms with van der Waals surface area (Å²) < 4.78 is 4.07. The largest absolute Gasteiger partial charge is 0.478 e. The Labute approximate surface area is 99.9 Å². The number of aliphatic carboxylic acids is 2. The zero-order valence-electron chi connectivity index (χ0n) is 8.31. The molecule has 92 valence electrons. The second-order valence-corrected chi connectivity index (χ2v) is 3.11. The van der Waals surface area contributed by atoms with Crippen molar-refractivity contribution < 1.29 is 34.1 Å². The van der Waals surface area contributed by atoms with Gasteiger partial charge in [0, 0.05) is 6.08 Å². The van der Waals surface area contributed by atoms with Gasteiger partial charge in [-0.3, -0.25) is 4.79 Å². The van der Waals surface area contributed by atoms with Crippen LogP contribution in [0.1, 0.15) is 6.42 Å². The quantitative estimate of drug-likeness (QED) is 0.415. The average molecular weight is 263 g/mol. The zero-order chi connectivity index (χ0) is 13.6. The van der Waals surface area contributed by atoms with E-state index in [1.54, 1.807) is 0 Å². The Morgan fingerprint density at radius 3 is 2.12 bits per heavy atom. The van der Waals surface area contributed by atoms with E-state index in [0.29, 0.717) is 6.08 Å². The van der Waals surface area contributed by atoms with Crippen molar-refractivity contribution in [2.24, 2.45) is 0 Å². The molecule has 0 saturated carbocycles. The summed E-state index contributed by atoms with van der Waals surface area (Å²) in [6.07, 6.45) is -0.554. The van der Waals surface area contributed by atoms with Crippen molar-refractivity contribution in [2.75, 3.05) is 0 Å². The molecule has 8 heteroatoms. The highest BCUT2D eigenvalue weighted by Crippen LogP contribution is 2.06. The molecule has 0 aliphatic heterocycles. The fourth-order valence-corrected chi connectivity index (χ4v) is 0.726. The first-order chi connectivity index (χ1) is 7.73. The Hall–Kier alpha value is -2.15. The van der Waals surface area contributed by atoms with Crippen LogP contribution in [0.25, 0.3) is 0 Å². The van der Waals surface area contributed by atoms with Gasteiger partial charge < -0.3 is 14.9 Å². The predicted molar refractivity (Wildman–Crippen MR) is 54.1 cm³/mol. The molecule has 2 N–H and O–H groups in total. The molecule has 0 aromatic rings. The molecule has 0 aliphatic carbocycles. The number of carbonyl (C=O) groups is 4. The first-order valence-electron chi connectivity index (χ1n) is 4.00. The maximum absolute atomic E-state index is 11.0. The lowest BCUT2D eigenvalue weighted by atomic mass is 10.2. The number of hydrogen-bond acceptors (Lipinski definition) is 5. The molecule has 0 saturated heterocycles. The van der Waals surface area contributed by atoms with Crippen LogP contribution in [-0.2, 0) is 23.9 Å². The summed E-state index contributed by atoms with van der Waals surface area (Å²) in [6.45, 7) is 2.98. The number of carbonyl (C=O) groups excluding carboxylic acids is 2. The number of carboxylic acids is 2. The van der Waals surface area contributed by atoms with Gasteiger partial charge in [-0.25, -0.2) is 14.4 Å². The highest BCUT2D eigenvalue weighted by molar-refractivity contribution is 6.41. The van der Waals surface area contributed by atoms with Crippen molar-refractivity contribution in [3.8, 4) is 0 Å². The molecular formula is C9H7ClO7. The van der Waals surface area contributed by atoms with Crippen LogP contribution in [-0.4, -0.2) is 34.1 Å². The monoisotopic (exact) mass is 262 g/mol. The van der Waals surface area contributed by atoms with E-state index >= 15 is 0 Å². The van der Waals surface area contributed by atoms with E-state index in [-0.39, 0.29) is 0 Å². The van der Waals surface area contributed by atoms with Crippen LogP contribution in [0, 0.1) is 0 Å². The summed E-state index contributed by atoms with van der Waals surface area (Å²) >= 11 is 5.11. The Morgan fingerprint density at radius 2 is 1.76 bits per heavy atom. The average Bonchev–Trinajstić information content (AvgIpc) is 2.15. The van der Waals surface area contributed by atoms with Crippen molar-refractivity contribution in [3.63, 3.8) is 0 Å². The summed E-state index contributed by atoms with van der Waals surface area (Å²) in [7, 11) is 0. The van der Waals surface area contributed by atoms with Gasteiger partial charge in [0.05, 0.1) is 12.0 Å². The second-order valence-electron chi connectivity index (χ2n) is 2.66. The van der Waals surface area contributed by atoms with Gasteiger partial charge in [-0.15, -0.1) is 0 Å². The van der Waals surface area contributed by atoms with Crippen LogP contribution < -0.4 is 0 Å². The fourth-order valence-electron chi connectivity index (χ4n) is 0.688. The molecule has 0 atom stereocenters. The van der Waals surface area contributed by atoms with E-state index in [4.69, 9.17) is 21.8 Å². The van der Waals surface area contributed by atoms with Crippen LogP contribution in [0.3, 0.4) is 0 Å². The Bertz CT molecular complexity index is 421. The molecular weight excluding hydrogens is 256 g/mol. The number of rotatable bonds is 5. The first kappa shape index (κ1) is 14.8. The van der Waals surface area contributed by atoms with Crippen molar-refractivity contribution in [2.45, 2.75) is 6.42 Å². The van der Waals surface area contributed by atoms with Crippen molar-refractivity contribution in [1.29, 1.82) is 0 Å². The number of halogens is 1. The summed E-state index contributed by atoms with van der Waals surface area (Å²) in [5.41, 5.74) is -0.726. The van der Waals surface area contributed by atoms with Crippen molar-refractivity contribution >= 4 is 35.5 Å². The molecule has 0 radical (unpaired) electrons. The third-order valence-corrected chi connectivity index (χ3v) is 1.49. The Morgan fingerprint density at radius 1 is 1.24 bits per heavy atom. The van der Waals surface area contributed by atoms with E-state index in [9.17, 15) is 19.2 Å². The Balaban J connectivity index is 4.64. The molecule has 0 heterocycles. The van der Waals surface area contributed by atoms with Gasteiger partial charge in [0.1, 0.15) is 5.03 Å². The highest BCUT2D eigenvalue weighted by Gasteiger charge is 2.18. The minimum Gasteiger partial charge on any atom is -0.478 e. The van der Waals surface area contributed by atoms with E-state index < -0.39 is 40.9 Å². The van der Waals surface area contributed by atoms with Gasteiger partial charge >= 0.3 is 23.9 Å². The number of ether oxygens (including phenoxy) is 1. The van der Waals surface area contributed by atoms with Crippen molar-refractivity contribution in [1.82, 2.24) is 0 Å². The molecule has 0 aromatic heterocycles. The molecule has 0 rings (SSSR count). The van der Waals surface area contributed by atoms with Crippen LogP contribution in [0.5, 0.6) is 0 Å². The van der Waals surface area contributed by atoms with Crippen LogP contribution >= 0.6 is 11.6 Å². The van der Waals surface area contributed by atoms with Crippen LogP contribution in [0.15, 0.2) is 23.3 Å². The first-order valence-corrected chi connectivity index (χ1v) is 4.38. The van der Waals surface area contributed by atoms with Crippen LogP contribution in [0.4, 0.5) is 0 Å². The molecule has 0 aliphatic rings. The molecule has 17 heavy (non-hydrogen) atoms. The number of hydrogen-bond donors (Lipinski definition) is 2. The lowest BCUT2D eigenvalue weighted by Crippen LogP contribution is -2.15. The van der Waals surface area contributed by atoms with E-state index in [1.807, 2.05) is 0 Å². The minimum atomic E-state index is -1.61. The SMILES string of the molecule is C=C(Cl)C(=O)OC(=O)CC(=CC(=O)O)C(=O)O. The lowest BCUT2D eigenvalue weighted by molar-refractivity contribution is -0.156. The molecule has 0 spiro atoms. The Kier molecular flexibility index (Phi) is 5.62. The molecule has 0 amide bonds. The molecule has 0 aromatic carbocycles. The van der Waals surface area contributed by atoms with Gasteiger partial charge in [0.15, 0.2) is 0 Å². The summed E-state index contributed by atoms with van der Waals surface area (Å²) in [5, 5.41) is 16.3. The van der Waals surface area contributed by atoms with Crippen molar-refractivity contribution in [3.05, 3.63) is 23.3 Å².